The molecule has 84 valence electrons. The fourth-order valence-electron chi connectivity index (χ4n) is 0.896. The van der Waals surface area contributed by atoms with Crippen LogP contribution in [0.2, 0.25) is 0 Å². The van der Waals surface area contributed by atoms with Gasteiger partial charge in [0.1, 0.15) is 16.4 Å². The van der Waals surface area contributed by atoms with Crippen LogP contribution in [-0.4, -0.2) is 13.4 Å². The molecule has 0 aliphatic carbocycles. The third-order valence-corrected chi connectivity index (χ3v) is 3.92. The van der Waals surface area contributed by atoms with Crippen molar-refractivity contribution in [2.24, 2.45) is 5.14 Å². The summed E-state index contributed by atoms with van der Waals surface area (Å²) >= 11 is 1.44. The van der Waals surface area contributed by atoms with Crippen molar-refractivity contribution in [1.29, 1.82) is 0 Å². The van der Waals surface area contributed by atoms with E-state index in [0.717, 1.165) is 6.07 Å². The molecule has 0 amide bonds. The first-order valence-corrected chi connectivity index (χ1v) is 6.13. The van der Waals surface area contributed by atoms with Crippen LogP contribution in [0.5, 0.6) is 0 Å². The fraction of sp³-hybridized carbons (Fsp3) is 0.167. The second-order valence-electron chi connectivity index (χ2n) is 2.59. The van der Waals surface area contributed by atoms with E-state index in [9.17, 15) is 17.2 Å². The van der Waals surface area contributed by atoms with E-state index in [1.807, 2.05) is 0 Å². The average molecular weight is 349 g/mol. The summed E-state index contributed by atoms with van der Waals surface area (Å²) in [7, 11) is -4.07. The van der Waals surface area contributed by atoms with Gasteiger partial charge in [0, 0.05) is 6.07 Å². The SMILES string of the molecule is Nc1cc(S(N)(=O)=O)c(I)c(C(F)F)n1. The Morgan fingerprint density at radius 2 is 2.00 bits per heavy atom. The summed E-state index contributed by atoms with van der Waals surface area (Å²) in [5.41, 5.74) is 4.51. The number of pyridine rings is 1. The van der Waals surface area contributed by atoms with Gasteiger partial charge in [0.15, 0.2) is 0 Å². The molecule has 15 heavy (non-hydrogen) atoms. The van der Waals surface area contributed by atoms with Gasteiger partial charge in [-0.3, -0.25) is 0 Å². The largest absolute Gasteiger partial charge is 0.384 e. The van der Waals surface area contributed by atoms with Crippen molar-refractivity contribution in [1.82, 2.24) is 4.98 Å². The summed E-state index contributed by atoms with van der Waals surface area (Å²) in [5.74, 6) is -0.310. The van der Waals surface area contributed by atoms with Crippen molar-refractivity contribution < 1.29 is 17.2 Å². The van der Waals surface area contributed by atoms with Gasteiger partial charge in [-0.05, 0) is 22.6 Å². The van der Waals surface area contributed by atoms with Crippen molar-refractivity contribution in [2.45, 2.75) is 11.3 Å². The van der Waals surface area contributed by atoms with Gasteiger partial charge < -0.3 is 5.73 Å². The summed E-state index contributed by atoms with van der Waals surface area (Å²) in [6.07, 6.45) is -2.90. The zero-order valence-electron chi connectivity index (χ0n) is 7.12. The maximum atomic E-state index is 12.4. The highest BCUT2D eigenvalue weighted by Crippen LogP contribution is 2.28. The molecule has 0 atom stereocenters. The number of hydrogen-bond acceptors (Lipinski definition) is 4. The molecule has 5 nitrogen and oxygen atoms in total. The van der Waals surface area contributed by atoms with Gasteiger partial charge in [0.25, 0.3) is 6.43 Å². The summed E-state index contributed by atoms with van der Waals surface area (Å²) in [6.45, 7) is 0. The van der Waals surface area contributed by atoms with Gasteiger partial charge in [0.05, 0.1) is 3.57 Å². The first kappa shape index (κ1) is 12.5. The molecule has 0 saturated carbocycles. The molecule has 1 aromatic heterocycles. The van der Waals surface area contributed by atoms with Crippen LogP contribution in [0.4, 0.5) is 14.6 Å². The molecule has 1 aromatic rings. The Balaban J connectivity index is 3.56. The molecule has 0 aliphatic heterocycles. The number of anilines is 1. The van der Waals surface area contributed by atoms with Gasteiger partial charge >= 0.3 is 0 Å². The van der Waals surface area contributed by atoms with E-state index in [2.05, 4.69) is 4.98 Å². The van der Waals surface area contributed by atoms with Gasteiger partial charge in [-0.2, -0.15) is 0 Å². The van der Waals surface area contributed by atoms with E-state index in [0.29, 0.717) is 0 Å². The number of alkyl halides is 2. The Morgan fingerprint density at radius 3 is 2.40 bits per heavy atom. The molecule has 0 aliphatic rings. The van der Waals surface area contributed by atoms with Crippen LogP contribution in [0, 0.1) is 3.57 Å². The van der Waals surface area contributed by atoms with Crippen molar-refractivity contribution in [3.8, 4) is 0 Å². The zero-order valence-corrected chi connectivity index (χ0v) is 10.1. The van der Waals surface area contributed by atoms with Crippen molar-refractivity contribution >= 4 is 38.4 Å². The summed E-state index contributed by atoms with van der Waals surface area (Å²) in [6, 6.07) is 0.947. The lowest BCUT2D eigenvalue weighted by molar-refractivity contribution is 0.145. The Labute approximate surface area is 98.0 Å². The number of nitrogens with two attached hydrogens (primary N) is 2. The third kappa shape index (κ3) is 2.72. The molecule has 1 rings (SSSR count). The number of aromatic nitrogens is 1. The standard InChI is InChI=1S/C6H6F2IN3O2S/c7-6(8)5-4(9)2(15(11,13)14)1-3(10)12-5/h1,6H,(H2,10,12)(H2,11,13,14). The van der Waals surface area contributed by atoms with E-state index in [1.54, 1.807) is 0 Å². The van der Waals surface area contributed by atoms with Crippen LogP contribution >= 0.6 is 22.6 Å². The molecular weight excluding hydrogens is 343 g/mol. The van der Waals surface area contributed by atoms with E-state index in [1.165, 1.54) is 22.6 Å². The second-order valence-corrected chi connectivity index (χ2v) is 5.20. The Morgan fingerprint density at radius 1 is 1.47 bits per heavy atom. The van der Waals surface area contributed by atoms with Crippen LogP contribution in [0.1, 0.15) is 12.1 Å². The number of nitrogen functional groups attached to an aromatic ring is 1. The lowest BCUT2D eigenvalue weighted by Crippen LogP contribution is -2.16. The normalized spacial score (nSPS) is 12.1. The molecule has 4 N–H and O–H groups in total. The molecule has 0 aromatic carbocycles. The molecule has 0 saturated heterocycles. The number of rotatable bonds is 2. The average Bonchev–Trinajstić information content (AvgIpc) is 2.06. The van der Waals surface area contributed by atoms with Crippen molar-refractivity contribution in [3.63, 3.8) is 0 Å². The highest BCUT2D eigenvalue weighted by atomic mass is 127. The zero-order chi connectivity index (χ0) is 11.8. The van der Waals surface area contributed by atoms with E-state index >= 15 is 0 Å². The highest BCUT2D eigenvalue weighted by molar-refractivity contribution is 14.1. The minimum Gasteiger partial charge on any atom is -0.384 e. The molecule has 9 heteroatoms. The summed E-state index contributed by atoms with van der Waals surface area (Å²) in [5, 5.41) is 4.83. The molecule has 1 heterocycles. The lowest BCUT2D eigenvalue weighted by Gasteiger charge is -2.08. The van der Waals surface area contributed by atoms with Crippen LogP contribution in [0.25, 0.3) is 0 Å². The minimum atomic E-state index is -4.07. The van der Waals surface area contributed by atoms with Crippen molar-refractivity contribution in [2.75, 3.05) is 5.73 Å². The van der Waals surface area contributed by atoms with Gasteiger partial charge in [-0.1, -0.05) is 0 Å². The maximum absolute atomic E-state index is 12.4. The topological polar surface area (TPSA) is 99.1 Å². The fourth-order valence-corrected chi connectivity index (χ4v) is 2.97. The summed E-state index contributed by atoms with van der Waals surface area (Å²) < 4.78 is 46.7. The minimum absolute atomic E-state index is 0.209. The Hall–Kier alpha value is -0.550. The third-order valence-electron chi connectivity index (χ3n) is 1.48. The van der Waals surface area contributed by atoms with E-state index in [4.69, 9.17) is 10.9 Å². The quantitative estimate of drug-likeness (QED) is 0.774. The molecular formula is C6H6F2IN3O2S. The number of primary sulfonamides is 1. The Bertz CT molecular complexity index is 491. The smallest absolute Gasteiger partial charge is 0.281 e. The van der Waals surface area contributed by atoms with Crippen LogP contribution < -0.4 is 10.9 Å². The first-order chi connectivity index (χ1) is 6.73. The number of hydrogen-bond donors (Lipinski definition) is 2. The molecule has 0 spiro atoms. The predicted octanol–water partition coefficient (Wildman–Crippen LogP) is 0.853. The molecule has 0 fully saturated rings. The lowest BCUT2D eigenvalue weighted by atomic mass is 10.3. The van der Waals surface area contributed by atoms with Gasteiger partial charge in [-0.15, -0.1) is 0 Å². The van der Waals surface area contributed by atoms with Crippen LogP contribution in [-0.2, 0) is 10.0 Å². The van der Waals surface area contributed by atoms with E-state index in [-0.39, 0.29) is 9.39 Å². The number of sulfonamides is 1. The molecule has 0 unspecified atom stereocenters. The first-order valence-electron chi connectivity index (χ1n) is 3.50. The van der Waals surface area contributed by atoms with Crippen molar-refractivity contribution in [3.05, 3.63) is 15.3 Å². The van der Waals surface area contributed by atoms with Gasteiger partial charge in [0.2, 0.25) is 10.0 Å². The van der Waals surface area contributed by atoms with E-state index < -0.39 is 27.0 Å². The monoisotopic (exact) mass is 349 g/mol. The van der Waals surface area contributed by atoms with Gasteiger partial charge in [-0.25, -0.2) is 27.3 Å². The van der Waals surface area contributed by atoms with Crippen LogP contribution in [0.3, 0.4) is 0 Å². The number of nitrogens with zero attached hydrogens (tertiary/aromatic N) is 1. The molecule has 0 radical (unpaired) electrons. The van der Waals surface area contributed by atoms with Crippen LogP contribution in [0.15, 0.2) is 11.0 Å². The predicted molar refractivity (Wildman–Crippen MR) is 57.7 cm³/mol. The Kier molecular flexibility index (Phi) is 3.45. The highest BCUT2D eigenvalue weighted by Gasteiger charge is 2.22. The second kappa shape index (κ2) is 4.14. The number of halogens is 3. The summed E-state index contributed by atoms with van der Waals surface area (Å²) in [4.78, 5) is 2.91. The molecule has 0 bridgehead atoms. The maximum Gasteiger partial charge on any atom is 0.281 e.